The van der Waals surface area contributed by atoms with Crippen molar-refractivity contribution in [1.29, 1.82) is 0 Å². The van der Waals surface area contributed by atoms with Crippen LogP contribution in [-0.2, 0) is 9.53 Å². The van der Waals surface area contributed by atoms with Gasteiger partial charge in [0.05, 0.1) is 5.60 Å². The lowest BCUT2D eigenvalue weighted by molar-refractivity contribution is -0.476. The van der Waals surface area contributed by atoms with Gasteiger partial charge in [0.25, 0.3) is 0 Å². The average molecular weight is 415 g/mol. The van der Waals surface area contributed by atoms with Gasteiger partial charge in [-0.25, -0.2) is 4.79 Å². The Balaban J connectivity index is 1.16. The SMILES string of the molecule is CC(C)C(C)(C(=C=O)C1CC(CC(O)OC2(C)C3CC4CC5CC2C453)C1)C(C)(C)C. The van der Waals surface area contributed by atoms with Crippen molar-refractivity contribution in [3.63, 3.8) is 0 Å². The molecule has 168 valence electrons. The second-order valence-electron chi connectivity index (χ2n) is 13.4. The maximum absolute atomic E-state index is 12.0. The van der Waals surface area contributed by atoms with E-state index < -0.39 is 6.29 Å². The third kappa shape index (κ3) is 2.28. The average Bonchev–Trinajstić information content (AvgIpc) is 2.54. The van der Waals surface area contributed by atoms with Gasteiger partial charge in [0.1, 0.15) is 5.94 Å². The van der Waals surface area contributed by atoms with E-state index in [2.05, 4.69) is 54.4 Å². The van der Waals surface area contributed by atoms with E-state index in [1.165, 1.54) is 19.3 Å². The van der Waals surface area contributed by atoms with Crippen molar-refractivity contribution in [2.45, 2.75) is 98.9 Å². The third-order valence-corrected chi connectivity index (χ3v) is 11.6. The van der Waals surface area contributed by atoms with Crippen LogP contribution in [0.15, 0.2) is 5.57 Å². The van der Waals surface area contributed by atoms with Crippen LogP contribution in [0.5, 0.6) is 0 Å². The predicted molar refractivity (Wildman–Crippen MR) is 118 cm³/mol. The van der Waals surface area contributed by atoms with E-state index in [4.69, 9.17) is 4.74 Å². The van der Waals surface area contributed by atoms with Crippen LogP contribution >= 0.6 is 0 Å². The van der Waals surface area contributed by atoms with Crippen molar-refractivity contribution >= 4 is 5.94 Å². The van der Waals surface area contributed by atoms with Gasteiger partial charge in [-0.15, -0.1) is 0 Å². The summed E-state index contributed by atoms with van der Waals surface area (Å²) in [6.45, 7) is 15.7. The number of aliphatic hydroxyl groups excluding tert-OH is 1. The zero-order valence-corrected chi connectivity index (χ0v) is 20.1. The largest absolute Gasteiger partial charge is 0.368 e. The summed E-state index contributed by atoms with van der Waals surface area (Å²) in [5, 5.41) is 10.8. The molecule has 0 bridgehead atoms. The summed E-state index contributed by atoms with van der Waals surface area (Å²) in [4.78, 5) is 12.0. The second-order valence-corrected chi connectivity index (χ2v) is 13.4. The molecule has 6 atom stereocenters. The lowest BCUT2D eigenvalue weighted by atomic mass is 9.15. The van der Waals surface area contributed by atoms with Crippen molar-refractivity contribution < 1.29 is 14.6 Å². The Hall–Kier alpha value is -0.630. The maximum Gasteiger partial charge on any atom is 0.155 e. The van der Waals surface area contributed by atoms with Crippen LogP contribution in [0.25, 0.3) is 0 Å². The molecule has 0 aliphatic heterocycles. The fourth-order valence-corrected chi connectivity index (χ4v) is 9.32. The van der Waals surface area contributed by atoms with E-state index in [-0.39, 0.29) is 16.4 Å². The number of hydrogen-bond donors (Lipinski definition) is 1. The minimum absolute atomic E-state index is 0.0131. The number of rotatable bonds is 7. The minimum Gasteiger partial charge on any atom is -0.368 e. The minimum atomic E-state index is -0.653. The first-order valence-electron chi connectivity index (χ1n) is 12.5. The van der Waals surface area contributed by atoms with Crippen molar-refractivity contribution in [1.82, 2.24) is 0 Å². The summed E-state index contributed by atoms with van der Waals surface area (Å²) < 4.78 is 6.36. The van der Waals surface area contributed by atoms with Crippen LogP contribution in [0.1, 0.15) is 87.0 Å². The smallest absolute Gasteiger partial charge is 0.155 e. The molecule has 5 saturated carbocycles. The maximum atomic E-state index is 12.0. The molecular weight excluding hydrogens is 372 g/mol. The number of hydrogen-bond acceptors (Lipinski definition) is 3. The lowest BCUT2D eigenvalue weighted by Crippen LogP contribution is -2.90. The van der Waals surface area contributed by atoms with Gasteiger partial charge in [0, 0.05) is 17.4 Å². The fraction of sp³-hybridized carbons (Fsp3) is 0.926. The first-order valence-corrected chi connectivity index (χ1v) is 12.5. The molecule has 5 fully saturated rings. The molecule has 30 heavy (non-hydrogen) atoms. The Bertz CT molecular complexity index is 756. The Kier molecular flexibility index (Phi) is 4.41. The summed E-state index contributed by atoms with van der Waals surface area (Å²) in [6, 6.07) is 0. The molecule has 3 heteroatoms. The molecule has 5 aliphatic rings. The Labute approximate surface area is 183 Å². The highest BCUT2D eigenvalue weighted by Crippen LogP contribution is 2.90. The zero-order chi connectivity index (χ0) is 21.9. The van der Waals surface area contributed by atoms with Crippen molar-refractivity contribution in [2.75, 3.05) is 0 Å². The monoisotopic (exact) mass is 414 g/mol. The topological polar surface area (TPSA) is 46.5 Å². The van der Waals surface area contributed by atoms with Gasteiger partial charge in [-0.1, -0.05) is 41.5 Å². The molecule has 5 rings (SSSR count). The molecule has 0 aromatic carbocycles. The van der Waals surface area contributed by atoms with Gasteiger partial charge in [-0.2, -0.15) is 0 Å². The normalized spacial score (nSPS) is 48.3. The molecule has 1 spiro atoms. The molecule has 0 radical (unpaired) electrons. The quantitative estimate of drug-likeness (QED) is 0.433. The molecule has 3 nitrogen and oxygen atoms in total. The summed E-state index contributed by atoms with van der Waals surface area (Å²) in [7, 11) is 0. The van der Waals surface area contributed by atoms with Crippen LogP contribution in [-0.4, -0.2) is 22.9 Å². The molecule has 0 amide bonds. The molecule has 5 aliphatic carbocycles. The van der Waals surface area contributed by atoms with E-state index >= 15 is 0 Å². The first-order chi connectivity index (χ1) is 13.9. The highest BCUT2D eigenvalue weighted by molar-refractivity contribution is 5.57. The molecule has 0 aromatic heterocycles. The Morgan fingerprint density at radius 3 is 2.07 bits per heavy atom. The Morgan fingerprint density at radius 1 is 1.07 bits per heavy atom. The van der Waals surface area contributed by atoms with Crippen LogP contribution in [0.2, 0.25) is 0 Å². The van der Waals surface area contributed by atoms with Gasteiger partial charge in [-0.05, 0) is 91.3 Å². The molecule has 0 saturated heterocycles. The van der Waals surface area contributed by atoms with E-state index in [0.717, 1.165) is 30.3 Å². The highest BCUT2D eigenvalue weighted by Gasteiger charge is 2.89. The van der Waals surface area contributed by atoms with E-state index in [9.17, 15) is 9.90 Å². The predicted octanol–water partition coefficient (Wildman–Crippen LogP) is 5.64. The standard InChI is InChI=1S/C27H42O3/c1-15(2)25(6,24(3,4)5)20(14-28)17-8-16(9-17)10-23(29)30-26(7)21-12-18-11-19-13-22(26)27(18,19)21/h15-19,21-23,29H,8-13H2,1-7H3. The summed E-state index contributed by atoms with van der Waals surface area (Å²) >= 11 is 0. The van der Waals surface area contributed by atoms with Gasteiger partial charge >= 0.3 is 0 Å². The van der Waals surface area contributed by atoms with Gasteiger partial charge in [-0.3, -0.25) is 0 Å². The van der Waals surface area contributed by atoms with Crippen molar-refractivity contribution in [3.05, 3.63) is 5.57 Å². The third-order valence-electron chi connectivity index (χ3n) is 11.6. The van der Waals surface area contributed by atoms with E-state index in [1.54, 1.807) is 0 Å². The highest BCUT2D eigenvalue weighted by atomic mass is 16.6. The van der Waals surface area contributed by atoms with Crippen molar-refractivity contribution in [2.24, 2.45) is 57.7 Å². The van der Waals surface area contributed by atoms with Crippen LogP contribution < -0.4 is 0 Å². The number of carbonyl (C=O) groups excluding carboxylic acids is 1. The van der Waals surface area contributed by atoms with Gasteiger partial charge in [0.15, 0.2) is 6.29 Å². The first kappa shape index (κ1) is 21.2. The van der Waals surface area contributed by atoms with Crippen LogP contribution in [0, 0.1) is 57.7 Å². The Morgan fingerprint density at radius 2 is 1.63 bits per heavy atom. The van der Waals surface area contributed by atoms with Gasteiger partial charge in [0.2, 0.25) is 0 Å². The summed E-state index contributed by atoms with van der Waals surface area (Å²) in [6.07, 6.45) is 6.16. The van der Waals surface area contributed by atoms with E-state index in [1.807, 2.05) is 0 Å². The zero-order valence-electron chi connectivity index (χ0n) is 20.1. The van der Waals surface area contributed by atoms with Crippen molar-refractivity contribution in [3.8, 4) is 0 Å². The molecule has 1 N–H and O–H groups in total. The summed E-state index contributed by atoms with van der Waals surface area (Å²) in [5.41, 5.74) is 1.41. The number of ether oxygens (including phenoxy) is 1. The molecule has 0 heterocycles. The van der Waals surface area contributed by atoms with Crippen LogP contribution in [0.4, 0.5) is 0 Å². The fourth-order valence-electron chi connectivity index (χ4n) is 9.32. The molecular formula is C27H42O3. The second kappa shape index (κ2) is 6.24. The molecule has 0 aromatic rings. The number of allylic oxidation sites excluding steroid dienone is 1. The summed E-state index contributed by atoms with van der Waals surface area (Å²) in [5.74, 6) is 6.91. The van der Waals surface area contributed by atoms with Crippen LogP contribution in [0.3, 0.4) is 0 Å². The lowest BCUT2D eigenvalue weighted by Gasteiger charge is -2.91. The van der Waals surface area contributed by atoms with Gasteiger partial charge < -0.3 is 9.84 Å². The number of aliphatic hydroxyl groups is 1. The van der Waals surface area contributed by atoms with E-state index in [0.29, 0.717) is 41.4 Å². The molecule has 6 unspecified atom stereocenters.